The molecule has 0 bridgehead atoms. The quantitative estimate of drug-likeness (QED) is 0.863. The number of aromatic carboxylic acids is 1. The number of nitrogens with zero attached hydrogens (tertiary/aromatic N) is 3. The van der Waals surface area contributed by atoms with Crippen LogP contribution in [-0.2, 0) is 11.3 Å². The van der Waals surface area contributed by atoms with Crippen molar-refractivity contribution >= 4 is 34.7 Å². The number of hydrogen-bond donors (Lipinski definition) is 1. The molecule has 1 unspecified atom stereocenters. The van der Waals surface area contributed by atoms with E-state index >= 15 is 0 Å². The summed E-state index contributed by atoms with van der Waals surface area (Å²) in [5.41, 5.74) is 1.34. The number of carbonyl (C=O) groups is 2. The molecule has 126 valence electrons. The number of pyridine rings is 1. The number of aryl methyl sites for hydroxylation is 1. The van der Waals surface area contributed by atoms with Gasteiger partial charge in [0.25, 0.3) is 0 Å². The van der Waals surface area contributed by atoms with Gasteiger partial charge in [0, 0.05) is 31.7 Å². The van der Waals surface area contributed by atoms with E-state index in [4.69, 9.17) is 0 Å². The SMILES string of the molecule is CCn1cc(C(=O)O)c(=O)c2cc3c(cc21)N(C)CC(C)N3C=O. The zero-order valence-corrected chi connectivity index (χ0v) is 13.8. The zero-order valence-electron chi connectivity index (χ0n) is 13.8. The summed E-state index contributed by atoms with van der Waals surface area (Å²) in [6, 6.07) is 3.45. The molecule has 1 N–H and O–H groups in total. The van der Waals surface area contributed by atoms with E-state index in [1.807, 2.05) is 31.9 Å². The van der Waals surface area contributed by atoms with Crippen LogP contribution in [0.15, 0.2) is 23.1 Å². The predicted octanol–water partition coefficient (Wildman–Crippen LogP) is 1.52. The fourth-order valence-electron chi connectivity index (χ4n) is 3.32. The van der Waals surface area contributed by atoms with Crippen LogP contribution in [0.1, 0.15) is 24.2 Å². The molecule has 1 aliphatic heterocycles. The Balaban J connectivity index is 2.41. The fourth-order valence-corrected chi connectivity index (χ4v) is 3.32. The van der Waals surface area contributed by atoms with Crippen molar-refractivity contribution in [1.29, 1.82) is 0 Å². The first kappa shape index (κ1) is 16.0. The normalized spacial score (nSPS) is 17.0. The third kappa shape index (κ3) is 2.24. The Hall–Kier alpha value is -2.83. The number of aromatic nitrogens is 1. The van der Waals surface area contributed by atoms with Crippen LogP contribution in [0.5, 0.6) is 0 Å². The average Bonchev–Trinajstić information content (AvgIpc) is 2.54. The summed E-state index contributed by atoms with van der Waals surface area (Å²) in [5.74, 6) is -1.25. The zero-order chi connectivity index (χ0) is 17.6. The second-order valence-corrected chi connectivity index (χ2v) is 6.06. The largest absolute Gasteiger partial charge is 0.477 e. The van der Waals surface area contributed by atoms with Gasteiger partial charge in [0.1, 0.15) is 5.56 Å². The maximum atomic E-state index is 12.6. The van der Waals surface area contributed by atoms with E-state index in [9.17, 15) is 19.5 Å². The van der Waals surface area contributed by atoms with Crippen molar-refractivity contribution < 1.29 is 14.7 Å². The molecule has 0 saturated heterocycles. The van der Waals surface area contributed by atoms with E-state index in [1.165, 1.54) is 6.20 Å². The second kappa shape index (κ2) is 5.67. The first-order valence-corrected chi connectivity index (χ1v) is 7.78. The molecule has 2 aromatic rings. The van der Waals surface area contributed by atoms with Crippen LogP contribution in [-0.4, -0.2) is 41.7 Å². The van der Waals surface area contributed by atoms with Crippen LogP contribution in [0.3, 0.4) is 0 Å². The maximum Gasteiger partial charge on any atom is 0.341 e. The number of rotatable bonds is 3. The number of anilines is 2. The van der Waals surface area contributed by atoms with Gasteiger partial charge in [-0.2, -0.15) is 0 Å². The highest BCUT2D eigenvalue weighted by Gasteiger charge is 2.27. The Bertz CT molecular complexity index is 903. The molecule has 7 nitrogen and oxygen atoms in total. The summed E-state index contributed by atoms with van der Waals surface area (Å²) >= 11 is 0. The summed E-state index contributed by atoms with van der Waals surface area (Å²) in [6.45, 7) is 5.03. The van der Waals surface area contributed by atoms with Gasteiger partial charge in [-0.15, -0.1) is 0 Å². The Kier molecular flexibility index (Phi) is 3.79. The van der Waals surface area contributed by atoms with Crippen molar-refractivity contribution in [1.82, 2.24) is 4.57 Å². The Morgan fingerprint density at radius 2 is 2.08 bits per heavy atom. The van der Waals surface area contributed by atoms with Gasteiger partial charge >= 0.3 is 5.97 Å². The highest BCUT2D eigenvalue weighted by atomic mass is 16.4. The van der Waals surface area contributed by atoms with Crippen LogP contribution in [0.25, 0.3) is 10.9 Å². The minimum Gasteiger partial charge on any atom is -0.477 e. The number of amides is 1. The van der Waals surface area contributed by atoms with Gasteiger partial charge in [0.05, 0.1) is 22.9 Å². The van der Waals surface area contributed by atoms with Gasteiger partial charge in [-0.25, -0.2) is 4.79 Å². The Morgan fingerprint density at radius 1 is 1.38 bits per heavy atom. The molecule has 24 heavy (non-hydrogen) atoms. The smallest absolute Gasteiger partial charge is 0.341 e. The van der Waals surface area contributed by atoms with Crippen molar-refractivity contribution in [3.63, 3.8) is 0 Å². The first-order chi connectivity index (χ1) is 11.4. The predicted molar refractivity (Wildman–Crippen MR) is 92.1 cm³/mol. The van der Waals surface area contributed by atoms with Crippen molar-refractivity contribution in [3.05, 3.63) is 34.1 Å². The van der Waals surface area contributed by atoms with Gasteiger partial charge in [-0.1, -0.05) is 0 Å². The molecule has 1 aromatic heterocycles. The van der Waals surface area contributed by atoms with E-state index < -0.39 is 11.4 Å². The lowest BCUT2D eigenvalue weighted by Gasteiger charge is -2.38. The molecule has 1 aliphatic rings. The van der Waals surface area contributed by atoms with E-state index in [1.54, 1.807) is 15.5 Å². The fraction of sp³-hybridized carbons (Fsp3) is 0.353. The summed E-state index contributed by atoms with van der Waals surface area (Å²) < 4.78 is 1.75. The molecule has 3 rings (SSSR count). The number of fused-ring (bicyclic) bond motifs is 2. The molecule has 1 amide bonds. The van der Waals surface area contributed by atoms with Crippen LogP contribution in [0.4, 0.5) is 11.4 Å². The van der Waals surface area contributed by atoms with Gasteiger partial charge < -0.3 is 19.5 Å². The van der Waals surface area contributed by atoms with E-state index in [0.29, 0.717) is 29.7 Å². The summed E-state index contributed by atoms with van der Waals surface area (Å²) in [7, 11) is 1.93. The Morgan fingerprint density at radius 3 is 2.67 bits per heavy atom. The van der Waals surface area contributed by atoms with Crippen LogP contribution >= 0.6 is 0 Å². The second-order valence-electron chi connectivity index (χ2n) is 6.06. The third-order valence-electron chi connectivity index (χ3n) is 4.56. The third-order valence-corrected chi connectivity index (χ3v) is 4.56. The first-order valence-electron chi connectivity index (χ1n) is 7.78. The molecule has 0 spiro atoms. The standard InChI is InChI=1S/C17H19N3O4/c1-4-19-8-12(17(23)24)16(22)11-5-15-14(6-13(11)19)18(3)7-10(2)20(15)9-21/h5-6,8-10H,4,7H2,1-3H3,(H,23,24). The lowest BCUT2D eigenvalue weighted by Crippen LogP contribution is -2.45. The number of hydrogen-bond acceptors (Lipinski definition) is 4. The van der Waals surface area contributed by atoms with Gasteiger partial charge in [0.2, 0.25) is 11.8 Å². The number of carbonyl (C=O) groups excluding carboxylic acids is 1. The summed E-state index contributed by atoms with van der Waals surface area (Å²) in [6.07, 6.45) is 2.13. The molecular formula is C17H19N3O4. The van der Waals surface area contributed by atoms with Gasteiger partial charge in [0.15, 0.2) is 0 Å². The Labute approximate surface area is 138 Å². The number of benzene rings is 1. The molecule has 0 saturated carbocycles. The molecule has 2 heterocycles. The van der Waals surface area contributed by atoms with Crippen molar-refractivity contribution in [3.8, 4) is 0 Å². The summed E-state index contributed by atoms with van der Waals surface area (Å²) in [5, 5.41) is 9.59. The molecule has 0 fully saturated rings. The molecule has 1 atom stereocenters. The topological polar surface area (TPSA) is 82.8 Å². The van der Waals surface area contributed by atoms with Crippen LogP contribution in [0.2, 0.25) is 0 Å². The lowest BCUT2D eigenvalue weighted by atomic mass is 10.0. The van der Waals surface area contributed by atoms with E-state index in [2.05, 4.69) is 0 Å². The number of carboxylic acids is 1. The van der Waals surface area contributed by atoms with Gasteiger partial charge in [-0.05, 0) is 26.0 Å². The molecule has 7 heteroatoms. The highest BCUT2D eigenvalue weighted by molar-refractivity contribution is 5.99. The van der Waals surface area contributed by atoms with Crippen LogP contribution in [0, 0.1) is 0 Å². The maximum absolute atomic E-state index is 12.6. The highest BCUT2D eigenvalue weighted by Crippen LogP contribution is 2.36. The van der Waals surface area contributed by atoms with Crippen molar-refractivity contribution in [2.75, 3.05) is 23.4 Å². The summed E-state index contributed by atoms with van der Waals surface area (Å²) in [4.78, 5) is 39.0. The van der Waals surface area contributed by atoms with E-state index in [0.717, 1.165) is 12.1 Å². The lowest BCUT2D eigenvalue weighted by molar-refractivity contribution is -0.107. The number of carboxylic acid groups (broad SMARTS) is 1. The van der Waals surface area contributed by atoms with E-state index in [-0.39, 0.29) is 11.6 Å². The molecular weight excluding hydrogens is 310 g/mol. The average molecular weight is 329 g/mol. The minimum atomic E-state index is -1.25. The molecule has 0 aliphatic carbocycles. The molecule has 0 radical (unpaired) electrons. The van der Waals surface area contributed by atoms with Gasteiger partial charge in [-0.3, -0.25) is 9.59 Å². The monoisotopic (exact) mass is 329 g/mol. The van der Waals surface area contributed by atoms with Crippen molar-refractivity contribution in [2.24, 2.45) is 0 Å². The van der Waals surface area contributed by atoms with Crippen molar-refractivity contribution in [2.45, 2.75) is 26.4 Å². The minimum absolute atomic E-state index is 0.0338. The molecule has 1 aromatic carbocycles. The van der Waals surface area contributed by atoms with Crippen LogP contribution < -0.4 is 15.2 Å². The number of likely N-dealkylation sites (N-methyl/N-ethyl adjacent to an activating group) is 1.